The summed E-state index contributed by atoms with van der Waals surface area (Å²) >= 11 is 0. The minimum absolute atomic E-state index is 0.0518. The molecule has 1 fully saturated rings. The van der Waals surface area contributed by atoms with Crippen LogP contribution in [0.4, 0.5) is 20.2 Å². The molecule has 1 heterocycles. The molecule has 6 nitrogen and oxygen atoms in total. The lowest BCUT2D eigenvalue weighted by molar-refractivity contribution is -0.386. The minimum Gasteiger partial charge on any atom is -0.363 e. The summed E-state index contributed by atoms with van der Waals surface area (Å²) in [5.74, 6) is -2.02. The van der Waals surface area contributed by atoms with Gasteiger partial charge in [-0.1, -0.05) is 0 Å². The summed E-state index contributed by atoms with van der Waals surface area (Å²) in [6, 6.07) is 3.50. The molecule has 0 atom stereocenters. The molecule has 0 spiro atoms. The van der Waals surface area contributed by atoms with Crippen LogP contribution in [0.1, 0.15) is 0 Å². The average molecular weight is 282 g/mol. The lowest BCUT2D eigenvalue weighted by Crippen LogP contribution is -2.46. The number of nitro benzene ring substituents is 1. The Balaban J connectivity index is 2.26. The first kappa shape index (κ1) is 14.1. The molecule has 1 saturated heterocycles. The number of hydrogen-bond acceptors (Lipinski definition) is 5. The van der Waals surface area contributed by atoms with Gasteiger partial charge in [-0.25, -0.2) is 4.39 Å². The monoisotopic (exact) mass is 282 g/mol. The standard InChI is InChI=1S/C12H12F2N4O2/c13-9-7-10(14)12(18(19)20)11(8-9)17-5-3-16(2-1-15)4-6-17/h7-8H,2-6H2. The maximum absolute atomic E-state index is 13.6. The van der Waals surface area contributed by atoms with Crippen molar-refractivity contribution in [2.75, 3.05) is 37.6 Å². The van der Waals surface area contributed by atoms with Crippen LogP contribution in [0, 0.1) is 33.1 Å². The molecular weight excluding hydrogens is 270 g/mol. The molecular formula is C12H12F2N4O2. The predicted molar refractivity (Wildman–Crippen MR) is 67.3 cm³/mol. The number of piperazine rings is 1. The molecule has 106 valence electrons. The Labute approximate surface area is 114 Å². The number of anilines is 1. The van der Waals surface area contributed by atoms with Crippen molar-refractivity contribution < 1.29 is 13.7 Å². The van der Waals surface area contributed by atoms with Crippen molar-refractivity contribution in [1.82, 2.24) is 4.90 Å². The summed E-state index contributed by atoms with van der Waals surface area (Å²) in [4.78, 5) is 13.5. The van der Waals surface area contributed by atoms with Gasteiger partial charge in [-0.2, -0.15) is 9.65 Å². The fourth-order valence-corrected chi connectivity index (χ4v) is 2.22. The van der Waals surface area contributed by atoms with Crippen LogP contribution in [-0.2, 0) is 0 Å². The van der Waals surface area contributed by atoms with E-state index in [0.29, 0.717) is 32.2 Å². The lowest BCUT2D eigenvalue weighted by atomic mass is 10.2. The molecule has 0 radical (unpaired) electrons. The summed E-state index contributed by atoms with van der Waals surface area (Å²) in [5.41, 5.74) is -0.760. The molecule has 2 rings (SSSR count). The van der Waals surface area contributed by atoms with Crippen molar-refractivity contribution in [1.29, 1.82) is 5.26 Å². The Morgan fingerprint density at radius 1 is 1.30 bits per heavy atom. The number of rotatable bonds is 3. The number of hydrogen-bond donors (Lipinski definition) is 0. The van der Waals surface area contributed by atoms with Gasteiger partial charge < -0.3 is 4.90 Å². The molecule has 0 N–H and O–H groups in total. The fraction of sp³-hybridized carbons (Fsp3) is 0.417. The summed E-state index contributed by atoms with van der Waals surface area (Å²) in [6.07, 6.45) is 0. The zero-order valence-corrected chi connectivity index (χ0v) is 10.6. The molecule has 0 amide bonds. The van der Waals surface area contributed by atoms with Crippen molar-refractivity contribution in [2.45, 2.75) is 0 Å². The van der Waals surface area contributed by atoms with Crippen LogP contribution in [-0.4, -0.2) is 42.5 Å². The molecule has 0 saturated carbocycles. The second-order valence-electron chi connectivity index (χ2n) is 4.43. The first-order valence-electron chi connectivity index (χ1n) is 6.00. The third-order valence-electron chi connectivity index (χ3n) is 3.20. The van der Waals surface area contributed by atoms with Gasteiger partial charge in [0.2, 0.25) is 5.82 Å². The van der Waals surface area contributed by atoms with Gasteiger partial charge >= 0.3 is 5.69 Å². The van der Waals surface area contributed by atoms with Crippen LogP contribution >= 0.6 is 0 Å². The first-order valence-corrected chi connectivity index (χ1v) is 6.00. The number of halogens is 2. The van der Waals surface area contributed by atoms with Gasteiger partial charge in [-0.15, -0.1) is 0 Å². The Morgan fingerprint density at radius 3 is 2.50 bits per heavy atom. The third kappa shape index (κ3) is 2.83. The van der Waals surface area contributed by atoms with E-state index in [0.717, 1.165) is 6.07 Å². The van der Waals surface area contributed by atoms with Crippen molar-refractivity contribution in [3.63, 3.8) is 0 Å². The molecule has 1 aliphatic rings. The number of nitriles is 1. The fourth-order valence-electron chi connectivity index (χ4n) is 2.22. The maximum Gasteiger partial charge on any atom is 0.328 e. The number of benzene rings is 1. The van der Waals surface area contributed by atoms with E-state index in [4.69, 9.17) is 5.26 Å². The quantitative estimate of drug-likeness (QED) is 0.477. The molecule has 1 aromatic rings. The Morgan fingerprint density at radius 2 is 1.95 bits per heavy atom. The van der Waals surface area contributed by atoms with Crippen LogP contribution in [0.5, 0.6) is 0 Å². The van der Waals surface area contributed by atoms with Gasteiger partial charge in [-0.3, -0.25) is 15.0 Å². The SMILES string of the molecule is N#CCN1CCN(c2cc(F)cc(F)c2[N+](=O)[O-])CC1. The van der Waals surface area contributed by atoms with Crippen LogP contribution in [0.15, 0.2) is 12.1 Å². The number of nitrogens with zero attached hydrogens (tertiary/aromatic N) is 4. The van der Waals surface area contributed by atoms with E-state index in [2.05, 4.69) is 0 Å². The molecule has 8 heteroatoms. The second-order valence-corrected chi connectivity index (χ2v) is 4.43. The summed E-state index contributed by atoms with van der Waals surface area (Å²) < 4.78 is 26.8. The van der Waals surface area contributed by atoms with E-state index < -0.39 is 22.2 Å². The Kier molecular flexibility index (Phi) is 4.10. The van der Waals surface area contributed by atoms with Crippen LogP contribution in [0.2, 0.25) is 0 Å². The van der Waals surface area contributed by atoms with E-state index in [1.54, 1.807) is 4.90 Å². The van der Waals surface area contributed by atoms with E-state index in [-0.39, 0.29) is 12.2 Å². The summed E-state index contributed by atoms with van der Waals surface area (Å²) in [5, 5.41) is 19.5. The molecule has 0 bridgehead atoms. The van der Waals surface area contributed by atoms with E-state index in [1.807, 2.05) is 11.0 Å². The zero-order valence-electron chi connectivity index (χ0n) is 10.6. The Hall–Kier alpha value is -2.27. The van der Waals surface area contributed by atoms with Crippen molar-refractivity contribution in [2.24, 2.45) is 0 Å². The highest BCUT2D eigenvalue weighted by atomic mass is 19.1. The predicted octanol–water partition coefficient (Wildman–Crippen LogP) is 1.52. The van der Waals surface area contributed by atoms with Crippen LogP contribution in [0.3, 0.4) is 0 Å². The zero-order chi connectivity index (χ0) is 14.7. The van der Waals surface area contributed by atoms with E-state index >= 15 is 0 Å². The highest BCUT2D eigenvalue weighted by Gasteiger charge is 2.28. The van der Waals surface area contributed by atoms with Crippen LogP contribution < -0.4 is 4.90 Å². The Bertz CT molecular complexity index is 565. The largest absolute Gasteiger partial charge is 0.363 e. The van der Waals surface area contributed by atoms with Gasteiger partial charge in [0.1, 0.15) is 11.5 Å². The van der Waals surface area contributed by atoms with Gasteiger partial charge in [0.05, 0.1) is 17.5 Å². The molecule has 20 heavy (non-hydrogen) atoms. The van der Waals surface area contributed by atoms with Crippen molar-refractivity contribution in [3.8, 4) is 6.07 Å². The number of nitro groups is 1. The molecule has 0 unspecified atom stereocenters. The minimum atomic E-state index is -1.18. The van der Waals surface area contributed by atoms with E-state index in [1.165, 1.54) is 0 Å². The normalized spacial score (nSPS) is 15.9. The lowest BCUT2D eigenvalue weighted by Gasteiger charge is -2.34. The maximum atomic E-state index is 13.6. The highest BCUT2D eigenvalue weighted by molar-refractivity contribution is 5.64. The molecule has 1 aromatic carbocycles. The third-order valence-corrected chi connectivity index (χ3v) is 3.20. The van der Waals surface area contributed by atoms with E-state index in [9.17, 15) is 18.9 Å². The van der Waals surface area contributed by atoms with Gasteiger partial charge in [-0.05, 0) is 0 Å². The summed E-state index contributed by atoms with van der Waals surface area (Å²) in [7, 11) is 0. The molecule has 0 aliphatic carbocycles. The molecule has 0 aromatic heterocycles. The van der Waals surface area contributed by atoms with Gasteiger partial charge in [0.25, 0.3) is 0 Å². The van der Waals surface area contributed by atoms with Crippen molar-refractivity contribution >= 4 is 11.4 Å². The average Bonchev–Trinajstić information content (AvgIpc) is 2.38. The highest BCUT2D eigenvalue weighted by Crippen LogP contribution is 2.32. The topological polar surface area (TPSA) is 73.4 Å². The first-order chi connectivity index (χ1) is 9.52. The summed E-state index contributed by atoms with van der Waals surface area (Å²) in [6.45, 7) is 2.07. The van der Waals surface area contributed by atoms with Gasteiger partial charge in [0, 0.05) is 38.3 Å². The molecule has 1 aliphatic heterocycles. The smallest absolute Gasteiger partial charge is 0.328 e. The van der Waals surface area contributed by atoms with Crippen LogP contribution in [0.25, 0.3) is 0 Å². The second kappa shape index (κ2) is 5.79. The van der Waals surface area contributed by atoms with Gasteiger partial charge in [0.15, 0.2) is 0 Å². The van der Waals surface area contributed by atoms with Crippen molar-refractivity contribution in [3.05, 3.63) is 33.9 Å².